The average molecular weight is 237 g/mol. The molecule has 2 atom stereocenters. The third-order valence-electron chi connectivity index (χ3n) is 2.76. The van der Waals surface area contributed by atoms with Crippen molar-refractivity contribution in [3.63, 3.8) is 0 Å². The molecule has 6 heteroatoms. The van der Waals surface area contributed by atoms with Crippen LogP contribution in [0.5, 0.6) is 5.75 Å². The number of ether oxygens (including phenoxy) is 1. The summed E-state index contributed by atoms with van der Waals surface area (Å²) in [5, 5.41) is 13.0. The number of aliphatic hydroxyl groups is 1. The van der Waals surface area contributed by atoms with Crippen LogP contribution in [0.15, 0.2) is 23.3 Å². The number of halogens is 1. The van der Waals surface area contributed by atoms with E-state index < -0.39 is 12.2 Å². The second kappa shape index (κ2) is 5.03. The third-order valence-corrected chi connectivity index (χ3v) is 2.76. The Morgan fingerprint density at radius 3 is 3.24 bits per heavy atom. The van der Waals surface area contributed by atoms with Crippen LogP contribution in [0, 0.1) is 5.82 Å². The molecule has 0 aromatic heterocycles. The first kappa shape index (κ1) is 11.7. The molecule has 0 bridgehead atoms. The van der Waals surface area contributed by atoms with Crippen LogP contribution in [0.25, 0.3) is 10.4 Å². The van der Waals surface area contributed by atoms with Gasteiger partial charge in [0.05, 0.1) is 12.6 Å². The molecule has 1 aromatic rings. The van der Waals surface area contributed by atoms with E-state index in [2.05, 4.69) is 10.0 Å². The largest absolute Gasteiger partial charge is 0.487 e. The van der Waals surface area contributed by atoms with Crippen LogP contribution in [0.3, 0.4) is 0 Å². The van der Waals surface area contributed by atoms with Gasteiger partial charge >= 0.3 is 0 Å². The molecule has 5 nitrogen and oxygen atoms in total. The summed E-state index contributed by atoms with van der Waals surface area (Å²) in [4.78, 5) is 2.59. The topological polar surface area (TPSA) is 78.2 Å². The molecule has 1 N–H and O–H groups in total. The molecule has 1 aliphatic heterocycles. The lowest BCUT2D eigenvalue weighted by Gasteiger charge is -2.28. The number of azide groups is 1. The first-order valence-electron chi connectivity index (χ1n) is 5.34. The summed E-state index contributed by atoms with van der Waals surface area (Å²) in [5.74, 6) is 0.295. The van der Waals surface area contributed by atoms with Gasteiger partial charge in [0.2, 0.25) is 0 Å². The number of benzene rings is 1. The van der Waals surface area contributed by atoms with Crippen molar-refractivity contribution in [1.82, 2.24) is 0 Å². The zero-order chi connectivity index (χ0) is 12.3. The molecule has 0 spiro atoms. The molecular weight excluding hydrogens is 225 g/mol. The molecule has 0 fully saturated rings. The van der Waals surface area contributed by atoms with Crippen molar-refractivity contribution in [2.45, 2.75) is 25.0 Å². The van der Waals surface area contributed by atoms with Gasteiger partial charge in [-0.25, -0.2) is 4.39 Å². The molecule has 0 radical (unpaired) electrons. The van der Waals surface area contributed by atoms with E-state index in [1.165, 1.54) is 12.1 Å². The van der Waals surface area contributed by atoms with E-state index in [0.29, 0.717) is 18.6 Å². The zero-order valence-corrected chi connectivity index (χ0v) is 9.08. The van der Waals surface area contributed by atoms with Crippen molar-refractivity contribution < 1.29 is 14.2 Å². The highest BCUT2D eigenvalue weighted by molar-refractivity contribution is 5.35. The summed E-state index contributed by atoms with van der Waals surface area (Å²) in [5.41, 5.74) is 8.97. The van der Waals surface area contributed by atoms with Crippen LogP contribution >= 0.6 is 0 Å². The van der Waals surface area contributed by atoms with E-state index in [4.69, 9.17) is 10.3 Å². The summed E-state index contributed by atoms with van der Waals surface area (Å²) in [6, 6.07) is 4.31. The van der Waals surface area contributed by atoms with Crippen LogP contribution < -0.4 is 4.74 Å². The van der Waals surface area contributed by atoms with Crippen molar-refractivity contribution in [1.29, 1.82) is 0 Å². The van der Waals surface area contributed by atoms with Crippen molar-refractivity contribution >= 4 is 0 Å². The predicted octanol–water partition coefficient (Wildman–Crippen LogP) is 2.19. The SMILES string of the molecule is [N-]=[N+]=NC[C@H](O)[C@H]1CCc2cc(F)ccc2O1. The summed E-state index contributed by atoms with van der Waals surface area (Å²) in [6.07, 6.45) is -0.00789. The first-order valence-corrected chi connectivity index (χ1v) is 5.34. The maximum atomic E-state index is 13.0. The predicted molar refractivity (Wildman–Crippen MR) is 59.2 cm³/mol. The smallest absolute Gasteiger partial charge is 0.125 e. The lowest BCUT2D eigenvalue weighted by atomic mass is 9.99. The summed E-state index contributed by atoms with van der Waals surface area (Å²) >= 11 is 0. The number of rotatable bonds is 3. The van der Waals surface area contributed by atoms with Crippen LogP contribution in [0.4, 0.5) is 4.39 Å². The number of aliphatic hydroxyl groups excluding tert-OH is 1. The van der Waals surface area contributed by atoms with E-state index in [1.54, 1.807) is 6.07 Å². The molecule has 0 aliphatic carbocycles. The fourth-order valence-corrected chi connectivity index (χ4v) is 1.89. The summed E-state index contributed by atoms with van der Waals surface area (Å²) < 4.78 is 18.5. The Morgan fingerprint density at radius 2 is 2.47 bits per heavy atom. The van der Waals surface area contributed by atoms with Gasteiger partial charge in [0, 0.05) is 4.91 Å². The Labute approximate surface area is 97.5 Å². The molecule has 0 saturated heterocycles. The molecule has 2 rings (SSSR count). The third kappa shape index (κ3) is 2.67. The minimum atomic E-state index is -0.830. The Hall–Kier alpha value is -1.78. The highest BCUT2D eigenvalue weighted by Crippen LogP contribution is 2.29. The number of aryl methyl sites for hydroxylation is 1. The monoisotopic (exact) mass is 237 g/mol. The Balaban J connectivity index is 2.08. The highest BCUT2D eigenvalue weighted by Gasteiger charge is 2.25. The number of fused-ring (bicyclic) bond motifs is 1. The van der Waals surface area contributed by atoms with E-state index in [-0.39, 0.29) is 12.4 Å². The van der Waals surface area contributed by atoms with E-state index >= 15 is 0 Å². The van der Waals surface area contributed by atoms with Crippen LogP contribution in [0.1, 0.15) is 12.0 Å². The Kier molecular flexibility index (Phi) is 3.46. The molecule has 0 unspecified atom stereocenters. The normalized spacial score (nSPS) is 19.8. The maximum absolute atomic E-state index is 13.0. The van der Waals surface area contributed by atoms with E-state index in [1.807, 2.05) is 0 Å². The van der Waals surface area contributed by atoms with Gasteiger partial charge in [0.15, 0.2) is 0 Å². The van der Waals surface area contributed by atoms with Gasteiger partial charge in [-0.2, -0.15) is 0 Å². The van der Waals surface area contributed by atoms with Crippen molar-refractivity contribution in [2.24, 2.45) is 5.11 Å². The maximum Gasteiger partial charge on any atom is 0.125 e. The number of hydrogen-bond acceptors (Lipinski definition) is 3. The summed E-state index contributed by atoms with van der Waals surface area (Å²) in [6.45, 7) is -0.0162. The molecule has 0 amide bonds. The summed E-state index contributed by atoms with van der Waals surface area (Å²) in [7, 11) is 0. The quantitative estimate of drug-likeness (QED) is 0.497. The molecule has 1 aromatic carbocycles. The van der Waals surface area contributed by atoms with Gasteiger partial charge in [0.1, 0.15) is 17.7 Å². The second-order valence-electron chi connectivity index (χ2n) is 3.93. The Bertz CT molecular complexity index is 460. The number of hydrogen-bond donors (Lipinski definition) is 1. The molecule has 1 heterocycles. The number of nitrogens with zero attached hydrogens (tertiary/aromatic N) is 3. The van der Waals surface area contributed by atoms with Crippen LogP contribution in [-0.2, 0) is 6.42 Å². The van der Waals surface area contributed by atoms with Gasteiger partial charge in [-0.15, -0.1) is 0 Å². The van der Waals surface area contributed by atoms with Gasteiger partial charge in [-0.3, -0.25) is 0 Å². The van der Waals surface area contributed by atoms with Crippen molar-refractivity contribution in [3.05, 3.63) is 40.0 Å². The minimum Gasteiger partial charge on any atom is -0.487 e. The van der Waals surface area contributed by atoms with Gasteiger partial charge in [0.25, 0.3) is 0 Å². The zero-order valence-electron chi connectivity index (χ0n) is 9.08. The molecule has 17 heavy (non-hydrogen) atoms. The highest BCUT2D eigenvalue weighted by atomic mass is 19.1. The molecule has 90 valence electrons. The van der Waals surface area contributed by atoms with E-state index in [9.17, 15) is 9.50 Å². The molecule has 0 saturated carbocycles. The van der Waals surface area contributed by atoms with Crippen LogP contribution in [-0.4, -0.2) is 23.9 Å². The Morgan fingerprint density at radius 1 is 1.65 bits per heavy atom. The van der Waals surface area contributed by atoms with Gasteiger partial charge in [-0.1, -0.05) is 5.11 Å². The van der Waals surface area contributed by atoms with Crippen molar-refractivity contribution in [3.8, 4) is 5.75 Å². The fraction of sp³-hybridized carbons (Fsp3) is 0.455. The van der Waals surface area contributed by atoms with Gasteiger partial charge in [-0.05, 0) is 42.1 Å². The second-order valence-corrected chi connectivity index (χ2v) is 3.93. The van der Waals surface area contributed by atoms with Crippen LogP contribution in [0.2, 0.25) is 0 Å². The van der Waals surface area contributed by atoms with E-state index in [0.717, 1.165) is 5.56 Å². The van der Waals surface area contributed by atoms with Gasteiger partial charge < -0.3 is 9.84 Å². The fourth-order valence-electron chi connectivity index (χ4n) is 1.89. The standard InChI is InChI=1S/C11H12FN3O2/c12-8-2-4-10-7(5-8)1-3-11(17-10)9(16)6-14-15-13/h2,4-5,9,11,16H,1,3,6H2/t9-,11+/m0/s1. The minimum absolute atomic E-state index is 0.0162. The molecular formula is C11H12FN3O2. The first-order chi connectivity index (χ1) is 8.20. The molecule has 1 aliphatic rings. The van der Waals surface area contributed by atoms with Crippen molar-refractivity contribution in [2.75, 3.05) is 6.54 Å². The average Bonchev–Trinajstić information content (AvgIpc) is 2.35. The lowest BCUT2D eigenvalue weighted by molar-refractivity contribution is 0.0296. The lowest BCUT2D eigenvalue weighted by Crippen LogP contribution is -2.36.